The van der Waals surface area contributed by atoms with E-state index in [2.05, 4.69) is 63.3 Å². The molecule has 0 aromatic heterocycles. The minimum absolute atomic E-state index is 0.0949. The average Bonchev–Trinajstić information content (AvgIpc) is 2.06. The van der Waals surface area contributed by atoms with Crippen LogP contribution < -0.4 is 0 Å². The molecule has 0 amide bonds. The van der Waals surface area contributed by atoms with Gasteiger partial charge in [-0.05, 0) is 7.05 Å². The lowest BCUT2D eigenvalue weighted by molar-refractivity contribution is 0.363. The quantitative estimate of drug-likeness (QED) is 0.256. The Kier molecular flexibility index (Phi) is 3.14. The Morgan fingerprint density at radius 2 is 1.82 bits per heavy atom. The topological polar surface area (TPSA) is 3.24 Å². The minimum atomic E-state index is -0.343. The van der Waals surface area contributed by atoms with Gasteiger partial charge in [0.2, 0.25) is 0 Å². The lowest BCUT2D eigenvalue weighted by Crippen LogP contribution is -2.38. The zero-order chi connectivity index (χ0) is 8.81. The highest BCUT2D eigenvalue weighted by Crippen LogP contribution is 2.43. The molecular formula is C5H12BNS4. The van der Waals surface area contributed by atoms with Crippen LogP contribution in [0.3, 0.4) is 0 Å². The highest BCUT2D eigenvalue weighted by atomic mass is 32.2. The fraction of sp³-hybridized carbons (Fsp3) is 1.00. The molecule has 1 aliphatic heterocycles. The standard InChI is InChI=1S/C5H12BNS4/c1-7-3(9)2(8)5(10,11)4(7)6/h2-4,8-11H,6H2,1H3. The van der Waals surface area contributed by atoms with Gasteiger partial charge in [0.1, 0.15) is 7.85 Å². The van der Waals surface area contributed by atoms with Gasteiger partial charge in [0.05, 0.1) is 14.7 Å². The van der Waals surface area contributed by atoms with E-state index >= 15 is 0 Å². The van der Waals surface area contributed by atoms with Crippen molar-refractivity contribution in [2.75, 3.05) is 7.05 Å². The Morgan fingerprint density at radius 1 is 1.36 bits per heavy atom. The van der Waals surface area contributed by atoms with Crippen molar-refractivity contribution < 1.29 is 0 Å². The van der Waals surface area contributed by atoms with Crippen molar-refractivity contribution in [3.05, 3.63) is 0 Å². The predicted molar refractivity (Wildman–Crippen MR) is 66.3 cm³/mol. The summed E-state index contributed by atoms with van der Waals surface area (Å²) in [6.07, 6.45) is 0. The number of nitrogens with zero attached hydrogens (tertiary/aromatic N) is 1. The Hall–Kier alpha value is 1.42. The molecule has 0 saturated carbocycles. The first-order valence-corrected chi connectivity index (χ1v) is 5.34. The molecule has 11 heavy (non-hydrogen) atoms. The molecule has 1 rings (SSSR count). The number of thiol groups is 4. The number of hydrogen-bond acceptors (Lipinski definition) is 5. The fourth-order valence-corrected chi connectivity index (χ4v) is 2.96. The highest BCUT2D eigenvalue weighted by Gasteiger charge is 2.49. The van der Waals surface area contributed by atoms with Gasteiger partial charge in [-0.3, -0.25) is 4.90 Å². The Balaban J connectivity index is 2.87. The zero-order valence-electron chi connectivity index (χ0n) is 6.47. The van der Waals surface area contributed by atoms with Gasteiger partial charge in [0.15, 0.2) is 0 Å². The average molecular weight is 225 g/mol. The van der Waals surface area contributed by atoms with Gasteiger partial charge in [0, 0.05) is 5.94 Å². The molecule has 1 aliphatic rings. The summed E-state index contributed by atoms with van der Waals surface area (Å²) in [5, 5.41) is 0.237. The minimum Gasteiger partial charge on any atom is -0.297 e. The van der Waals surface area contributed by atoms with Gasteiger partial charge in [0.25, 0.3) is 0 Å². The van der Waals surface area contributed by atoms with Crippen LogP contribution in [0.15, 0.2) is 0 Å². The molecule has 64 valence electrons. The van der Waals surface area contributed by atoms with Crippen LogP contribution in [0, 0.1) is 0 Å². The maximum atomic E-state index is 4.45. The summed E-state index contributed by atoms with van der Waals surface area (Å²) in [6, 6.07) is 0. The second kappa shape index (κ2) is 3.29. The van der Waals surface area contributed by atoms with E-state index in [1.165, 1.54) is 0 Å². The fourth-order valence-electron chi connectivity index (χ4n) is 1.22. The first kappa shape index (κ1) is 10.5. The van der Waals surface area contributed by atoms with E-state index in [1.54, 1.807) is 0 Å². The van der Waals surface area contributed by atoms with E-state index in [0.29, 0.717) is 5.94 Å². The van der Waals surface area contributed by atoms with Crippen LogP contribution in [-0.2, 0) is 0 Å². The van der Waals surface area contributed by atoms with E-state index in [0.717, 1.165) is 0 Å². The van der Waals surface area contributed by atoms with E-state index in [9.17, 15) is 0 Å². The lowest BCUT2D eigenvalue weighted by atomic mass is 9.93. The molecule has 1 nitrogen and oxygen atoms in total. The molecule has 0 aromatic carbocycles. The van der Waals surface area contributed by atoms with Crippen LogP contribution in [0.25, 0.3) is 0 Å². The van der Waals surface area contributed by atoms with Crippen LogP contribution in [0.2, 0.25) is 0 Å². The molecule has 3 unspecified atom stereocenters. The summed E-state index contributed by atoms with van der Waals surface area (Å²) >= 11 is 17.7. The van der Waals surface area contributed by atoms with Crippen molar-refractivity contribution in [2.24, 2.45) is 0 Å². The van der Waals surface area contributed by atoms with Crippen LogP contribution >= 0.6 is 50.5 Å². The number of likely N-dealkylation sites (tertiary alicyclic amines) is 1. The SMILES string of the molecule is BC1N(C)C(S)C(S)C1(S)S. The molecule has 0 aromatic rings. The monoisotopic (exact) mass is 225 g/mol. The molecule has 0 radical (unpaired) electrons. The first-order valence-electron chi connectivity index (χ1n) is 3.42. The lowest BCUT2D eigenvalue weighted by Gasteiger charge is -2.26. The van der Waals surface area contributed by atoms with Crippen molar-refractivity contribution in [3.63, 3.8) is 0 Å². The molecule has 0 bridgehead atoms. The van der Waals surface area contributed by atoms with Crippen LogP contribution in [0.5, 0.6) is 0 Å². The third-order valence-electron chi connectivity index (χ3n) is 2.36. The van der Waals surface area contributed by atoms with E-state index in [1.807, 2.05) is 7.05 Å². The molecule has 1 fully saturated rings. The van der Waals surface area contributed by atoms with Crippen LogP contribution in [0.4, 0.5) is 0 Å². The molecule has 0 aliphatic carbocycles. The summed E-state index contributed by atoms with van der Waals surface area (Å²) in [7, 11) is 4.10. The van der Waals surface area contributed by atoms with Crippen molar-refractivity contribution in [3.8, 4) is 0 Å². The molecule has 1 saturated heterocycles. The molecule has 1 heterocycles. The number of rotatable bonds is 0. The smallest absolute Gasteiger partial charge is 0.126 e. The molecule has 6 heteroatoms. The second-order valence-corrected chi connectivity index (χ2v) is 5.90. The molecule has 3 atom stereocenters. The third-order valence-corrected chi connectivity index (χ3v) is 5.66. The van der Waals surface area contributed by atoms with Gasteiger partial charge in [-0.2, -0.15) is 50.5 Å². The largest absolute Gasteiger partial charge is 0.297 e. The van der Waals surface area contributed by atoms with Crippen molar-refractivity contribution in [2.45, 2.75) is 20.6 Å². The Bertz CT molecular complexity index is 149. The maximum absolute atomic E-state index is 4.45. The van der Waals surface area contributed by atoms with E-state index in [4.69, 9.17) is 0 Å². The molecule has 0 spiro atoms. The predicted octanol–water partition coefficient (Wildman–Crippen LogP) is 0.00120. The van der Waals surface area contributed by atoms with Crippen molar-refractivity contribution in [1.29, 1.82) is 0 Å². The number of hydrogen-bond donors (Lipinski definition) is 4. The maximum Gasteiger partial charge on any atom is 0.126 e. The second-order valence-electron chi connectivity index (χ2n) is 2.98. The van der Waals surface area contributed by atoms with E-state index < -0.39 is 0 Å². The van der Waals surface area contributed by atoms with Gasteiger partial charge in [-0.1, -0.05) is 0 Å². The summed E-state index contributed by atoms with van der Waals surface area (Å²) in [5.41, 5.74) is 0. The van der Waals surface area contributed by atoms with Crippen LogP contribution in [-0.4, -0.2) is 40.4 Å². The summed E-state index contributed by atoms with van der Waals surface area (Å²) in [4.78, 5) is 2.13. The van der Waals surface area contributed by atoms with E-state index in [-0.39, 0.29) is 14.7 Å². The zero-order valence-corrected chi connectivity index (χ0v) is 10.0. The van der Waals surface area contributed by atoms with Gasteiger partial charge in [-0.25, -0.2) is 0 Å². The molecular weight excluding hydrogens is 213 g/mol. The summed E-state index contributed by atoms with van der Waals surface area (Å²) in [5.74, 6) is 0.291. The van der Waals surface area contributed by atoms with Gasteiger partial charge in [-0.15, -0.1) is 0 Å². The normalized spacial score (nSPS) is 44.6. The molecule has 0 N–H and O–H groups in total. The first-order chi connectivity index (χ1) is 4.89. The Labute approximate surface area is 90.7 Å². The van der Waals surface area contributed by atoms with Gasteiger partial charge >= 0.3 is 0 Å². The third kappa shape index (κ3) is 1.57. The van der Waals surface area contributed by atoms with Crippen LogP contribution in [0.1, 0.15) is 0 Å². The van der Waals surface area contributed by atoms with Crippen molar-refractivity contribution in [1.82, 2.24) is 4.90 Å². The summed E-state index contributed by atoms with van der Waals surface area (Å²) < 4.78 is -0.343. The van der Waals surface area contributed by atoms with Gasteiger partial charge < -0.3 is 0 Å². The highest BCUT2D eigenvalue weighted by molar-refractivity contribution is 8.02. The summed E-state index contributed by atoms with van der Waals surface area (Å²) in [6.45, 7) is 0. The Morgan fingerprint density at radius 3 is 1.91 bits per heavy atom. The van der Waals surface area contributed by atoms with Crippen molar-refractivity contribution >= 4 is 58.4 Å².